The Hall–Kier alpha value is -2.96. The Morgan fingerprint density at radius 2 is 0.521 bits per heavy atom. The summed E-state index contributed by atoms with van der Waals surface area (Å²) in [6.07, 6.45) is -0.185. The maximum absolute atomic E-state index is 11.1. The number of aliphatic hydroxyl groups is 4. The van der Waals surface area contributed by atoms with Crippen LogP contribution in [0.25, 0.3) is 0 Å². The van der Waals surface area contributed by atoms with Gasteiger partial charge in [0.05, 0.1) is 0 Å². The predicted molar refractivity (Wildman–Crippen MR) is 162 cm³/mol. The quantitative estimate of drug-likeness (QED) is 0.306. The number of ketones is 8. The first-order valence-electron chi connectivity index (χ1n) is 15.0. The fraction of sp³-hybridized carbons (Fsp3) is 0.750. The molecule has 0 radical (unpaired) electrons. The number of hydrogen-bond acceptors (Lipinski definition) is 16. The van der Waals surface area contributed by atoms with E-state index in [0.717, 1.165) is 0 Å². The van der Waals surface area contributed by atoms with Gasteiger partial charge in [0.2, 0.25) is 23.1 Å². The summed E-state index contributed by atoms with van der Waals surface area (Å²) in [5.41, 5.74) is -4.55. The lowest BCUT2D eigenvalue weighted by Gasteiger charge is -2.22. The molecule has 4 saturated heterocycles. The number of carbonyl (C=O) groups is 8. The van der Waals surface area contributed by atoms with Crippen molar-refractivity contribution in [1.82, 2.24) is 0 Å². The molecular weight excluding hydrogens is 640 g/mol. The summed E-state index contributed by atoms with van der Waals surface area (Å²) < 4.78 is 19.9. The molecule has 8 atom stereocenters. The highest BCUT2D eigenvalue weighted by atomic mass is 16.7. The highest BCUT2D eigenvalue weighted by molar-refractivity contribution is 5.99. The van der Waals surface area contributed by atoms with Crippen LogP contribution in [-0.4, -0.2) is 112 Å². The zero-order valence-electron chi connectivity index (χ0n) is 29.5. The van der Waals surface area contributed by atoms with Crippen molar-refractivity contribution in [3.05, 3.63) is 0 Å². The summed E-state index contributed by atoms with van der Waals surface area (Å²) in [6.45, 7) is 16.4. The molecular formula is C32H48O16. The third-order valence-electron chi connectivity index (χ3n) is 8.74. The van der Waals surface area contributed by atoms with Crippen LogP contribution in [0.3, 0.4) is 0 Å². The molecule has 0 aromatic heterocycles. The standard InChI is InChI=1S/4C8H12O4/c4*1-5(9)7(2)4-6(10)8(3,11)12-7/h4*11H,4H2,1-3H3/t2*7-,8+;2*7-,8-/m1010/s1. The van der Waals surface area contributed by atoms with Crippen LogP contribution in [0, 0.1) is 0 Å². The van der Waals surface area contributed by atoms with E-state index in [1.807, 2.05) is 0 Å². The van der Waals surface area contributed by atoms with Crippen molar-refractivity contribution < 1.29 is 77.7 Å². The summed E-state index contributed by atoms with van der Waals surface area (Å²) >= 11 is 0. The first-order chi connectivity index (χ1) is 21.1. The van der Waals surface area contributed by atoms with Gasteiger partial charge in [-0.2, -0.15) is 0 Å². The molecule has 4 N–H and O–H groups in total. The molecule has 4 aliphatic heterocycles. The van der Waals surface area contributed by atoms with Crippen molar-refractivity contribution >= 4 is 46.3 Å². The van der Waals surface area contributed by atoms with E-state index >= 15 is 0 Å². The zero-order valence-corrected chi connectivity index (χ0v) is 29.5. The Morgan fingerprint density at radius 3 is 0.562 bits per heavy atom. The molecule has 4 fully saturated rings. The fourth-order valence-electron chi connectivity index (χ4n) is 4.79. The van der Waals surface area contributed by atoms with Crippen LogP contribution in [0.1, 0.15) is 109 Å². The van der Waals surface area contributed by atoms with E-state index in [2.05, 4.69) is 0 Å². The largest absolute Gasteiger partial charge is 0.360 e. The van der Waals surface area contributed by atoms with E-state index in [4.69, 9.17) is 18.9 Å². The SMILES string of the molecule is CC(=O)[C@@]1(C)CC(=O)[C@@](C)(O)O1.CC(=O)[C@@]1(C)CC(=O)[C@](C)(O)O1.CC(=O)[C@]1(C)CC(=O)[C@@](C)(O)O1.CC(=O)[C@]1(C)CC(=O)[C@](C)(O)O1. The van der Waals surface area contributed by atoms with Gasteiger partial charge in [-0.05, 0) is 83.1 Å². The van der Waals surface area contributed by atoms with Crippen LogP contribution in [-0.2, 0) is 57.3 Å². The van der Waals surface area contributed by atoms with E-state index in [1.165, 1.54) is 83.1 Å². The third kappa shape index (κ3) is 9.59. The normalized spacial score (nSPS) is 41.8. The van der Waals surface area contributed by atoms with Crippen LogP contribution in [0.2, 0.25) is 0 Å². The molecule has 0 spiro atoms. The molecule has 0 saturated carbocycles. The van der Waals surface area contributed by atoms with Gasteiger partial charge in [-0.1, -0.05) is 0 Å². The topological polar surface area (TPSA) is 254 Å². The molecule has 4 heterocycles. The second-order valence-electron chi connectivity index (χ2n) is 13.9. The third-order valence-corrected chi connectivity index (χ3v) is 8.74. The molecule has 0 aromatic rings. The molecule has 0 bridgehead atoms. The molecule has 4 aliphatic rings. The molecule has 48 heavy (non-hydrogen) atoms. The van der Waals surface area contributed by atoms with E-state index in [0.29, 0.717) is 0 Å². The molecule has 16 heteroatoms. The van der Waals surface area contributed by atoms with Gasteiger partial charge >= 0.3 is 0 Å². The minimum absolute atomic E-state index is 0.0463. The second-order valence-corrected chi connectivity index (χ2v) is 13.9. The average Bonchev–Trinajstić information content (AvgIpc) is 3.42. The van der Waals surface area contributed by atoms with Crippen molar-refractivity contribution in [2.75, 3.05) is 0 Å². The predicted octanol–water partition coefficient (Wildman–Crippen LogP) is 0.128. The smallest absolute Gasteiger partial charge is 0.224 e. The van der Waals surface area contributed by atoms with Gasteiger partial charge in [0.15, 0.2) is 46.3 Å². The lowest BCUT2D eigenvalue weighted by molar-refractivity contribution is -0.205. The molecule has 0 aromatic carbocycles. The van der Waals surface area contributed by atoms with Gasteiger partial charge in [-0.25, -0.2) is 0 Å². The van der Waals surface area contributed by atoms with Crippen LogP contribution in [0.4, 0.5) is 0 Å². The minimum atomic E-state index is -1.79. The van der Waals surface area contributed by atoms with Gasteiger partial charge in [0, 0.05) is 25.7 Å². The number of hydrogen-bond donors (Lipinski definition) is 4. The van der Waals surface area contributed by atoms with E-state index in [9.17, 15) is 58.8 Å². The minimum Gasteiger partial charge on any atom is -0.360 e. The van der Waals surface area contributed by atoms with Gasteiger partial charge in [0.1, 0.15) is 22.4 Å². The van der Waals surface area contributed by atoms with Crippen LogP contribution < -0.4 is 0 Å². The van der Waals surface area contributed by atoms with Crippen LogP contribution >= 0.6 is 0 Å². The number of carbonyl (C=O) groups excluding carboxylic acids is 8. The average molecular weight is 689 g/mol. The lowest BCUT2D eigenvalue weighted by atomic mass is 9.97. The summed E-state index contributed by atoms with van der Waals surface area (Å²) in [7, 11) is 0. The fourth-order valence-corrected chi connectivity index (χ4v) is 4.79. The maximum atomic E-state index is 11.1. The Balaban J connectivity index is 0.000000320. The molecule has 0 amide bonds. The molecule has 4 rings (SSSR count). The van der Waals surface area contributed by atoms with Crippen molar-refractivity contribution in [1.29, 1.82) is 0 Å². The summed E-state index contributed by atoms with van der Waals surface area (Å²) in [6, 6.07) is 0. The van der Waals surface area contributed by atoms with E-state index in [-0.39, 0.29) is 48.8 Å². The Bertz CT molecular complexity index is 1180. The van der Waals surface area contributed by atoms with Gasteiger partial charge < -0.3 is 39.4 Å². The van der Waals surface area contributed by atoms with Crippen LogP contribution in [0.5, 0.6) is 0 Å². The summed E-state index contributed by atoms with van der Waals surface area (Å²) in [4.78, 5) is 88.4. The van der Waals surface area contributed by atoms with Crippen molar-refractivity contribution in [2.24, 2.45) is 0 Å². The van der Waals surface area contributed by atoms with E-state index in [1.54, 1.807) is 0 Å². The van der Waals surface area contributed by atoms with Crippen molar-refractivity contribution in [3.63, 3.8) is 0 Å². The first kappa shape index (κ1) is 43.1. The molecule has 16 nitrogen and oxygen atoms in total. The number of rotatable bonds is 4. The lowest BCUT2D eigenvalue weighted by Crippen LogP contribution is -2.37. The van der Waals surface area contributed by atoms with Gasteiger partial charge in [-0.3, -0.25) is 38.4 Å². The number of ether oxygens (including phenoxy) is 4. The number of Topliss-reactive ketones (excluding diaryl/α,β-unsaturated/α-hetero) is 8. The zero-order chi connectivity index (χ0) is 38.3. The Kier molecular flexibility index (Phi) is 12.3. The first-order valence-corrected chi connectivity index (χ1v) is 15.0. The summed E-state index contributed by atoms with van der Waals surface area (Å²) in [5, 5.41) is 37.3. The van der Waals surface area contributed by atoms with Crippen LogP contribution in [0.15, 0.2) is 0 Å². The monoisotopic (exact) mass is 688 g/mol. The van der Waals surface area contributed by atoms with Gasteiger partial charge in [-0.15, -0.1) is 0 Å². The molecule has 0 unspecified atom stereocenters. The highest BCUT2D eigenvalue weighted by Gasteiger charge is 2.54. The second kappa shape index (κ2) is 13.7. The van der Waals surface area contributed by atoms with Crippen molar-refractivity contribution in [3.8, 4) is 0 Å². The Labute approximate surface area is 278 Å². The summed E-state index contributed by atoms with van der Waals surface area (Å²) in [5.74, 6) is -9.91. The molecule has 272 valence electrons. The highest BCUT2D eigenvalue weighted by Crippen LogP contribution is 2.36. The van der Waals surface area contributed by atoms with Gasteiger partial charge in [0.25, 0.3) is 0 Å². The van der Waals surface area contributed by atoms with E-state index < -0.39 is 68.7 Å². The maximum Gasteiger partial charge on any atom is 0.224 e. The Morgan fingerprint density at radius 1 is 0.396 bits per heavy atom. The molecule has 0 aliphatic carbocycles. The van der Waals surface area contributed by atoms with Crippen molar-refractivity contribution in [2.45, 2.75) is 154 Å².